The molecule has 0 aliphatic carbocycles. The fourth-order valence-corrected chi connectivity index (χ4v) is 2.85. The number of allylic oxidation sites excluding steroid dienone is 1. The molecule has 1 rings (SSSR count). The molecule has 1 aromatic carbocycles. The molecule has 2 nitrogen and oxygen atoms in total. The zero-order valence-electron chi connectivity index (χ0n) is 15.8. The molecule has 0 aromatic heterocycles. The molecule has 0 radical (unpaired) electrons. The molecule has 0 amide bonds. The highest BCUT2D eigenvalue weighted by atomic mass is 16.5. The largest absolute Gasteiger partial charge is 0.491 e. The predicted octanol–water partition coefficient (Wildman–Crippen LogP) is 6.65. The van der Waals surface area contributed by atoms with Crippen LogP contribution >= 0.6 is 0 Å². The average Bonchev–Trinajstić information content (AvgIpc) is 2.61. The van der Waals surface area contributed by atoms with Gasteiger partial charge in [0.05, 0.1) is 6.61 Å². The second kappa shape index (κ2) is 14.1. The number of para-hydroxylation sites is 1. The van der Waals surface area contributed by atoms with E-state index < -0.39 is 0 Å². The normalized spacial score (nSPS) is 10.8. The van der Waals surface area contributed by atoms with Crippen molar-refractivity contribution in [2.24, 2.45) is 0 Å². The van der Waals surface area contributed by atoms with Gasteiger partial charge in [-0.25, -0.2) is 0 Å². The summed E-state index contributed by atoms with van der Waals surface area (Å²) < 4.78 is 11.2. The zero-order valence-corrected chi connectivity index (χ0v) is 15.8. The maximum absolute atomic E-state index is 5.86. The van der Waals surface area contributed by atoms with Crippen LogP contribution in [0.4, 0.5) is 0 Å². The summed E-state index contributed by atoms with van der Waals surface area (Å²) in [6.07, 6.45) is 11.8. The smallest absolute Gasteiger partial charge is 0.126 e. The molecule has 0 saturated carbocycles. The SMILES string of the molecule is C=C(CCCCCCCCCC)c1ccccc1OCCOCC. The quantitative estimate of drug-likeness (QED) is 0.335. The van der Waals surface area contributed by atoms with Gasteiger partial charge in [-0.2, -0.15) is 0 Å². The lowest BCUT2D eigenvalue weighted by Crippen LogP contribution is -2.07. The Hall–Kier alpha value is -1.28. The summed E-state index contributed by atoms with van der Waals surface area (Å²) in [4.78, 5) is 0. The first-order chi connectivity index (χ1) is 11.8. The second-order valence-electron chi connectivity index (χ2n) is 6.37. The van der Waals surface area contributed by atoms with Crippen LogP contribution in [0.2, 0.25) is 0 Å². The molecule has 1 aromatic rings. The lowest BCUT2D eigenvalue weighted by atomic mass is 9.99. The van der Waals surface area contributed by atoms with Crippen LogP contribution in [0.25, 0.3) is 5.57 Å². The summed E-state index contributed by atoms with van der Waals surface area (Å²) in [7, 11) is 0. The third-order valence-corrected chi connectivity index (χ3v) is 4.29. The van der Waals surface area contributed by atoms with Crippen molar-refractivity contribution >= 4 is 5.57 Å². The predicted molar refractivity (Wildman–Crippen MR) is 105 cm³/mol. The summed E-state index contributed by atoms with van der Waals surface area (Å²) >= 11 is 0. The van der Waals surface area contributed by atoms with Crippen LogP contribution in [0.5, 0.6) is 5.75 Å². The molecule has 0 heterocycles. The summed E-state index contributed by atoms with van der Waals surface area (Å²) in [6.45, 7) is 10.5. The Balaban J connectivity index is 2.26. The number of hydrogen-bond donors (Lipinski definition) is 0. The van der Waals surface area contributed by atoms with Gasteiger partial charge < -0.3 is 9.47 Å². The van der Waals surface area contributed by atoms with E-state index in [1.807, 2.05) is 19.1 Å². The van der Waals surface area contributed by atoms with Gasteiger partial charge in [0.2, 0.25) is 0 Å². The van der Waals surface area contributed by atoms with Crippen molar-refractivity contribution in [3.8, 4) is 5.75 Å². The molecule has 0 N–H and O–H groups in total. The summed E-state index contributed by atoms with van der Waals surface area (Å²) in [5.41, 5.74) is 2.34. The Morgan fingerprint density at radius 3 is 2.25 bits per heavy atom. The highest BCUT2D eigenvalue weighted by Gasteiger charge is 2.06. The first kappa shape index (κ1) is 20.8. The number of rotatable bonds is 15. The van der Waals surface area contributed by atoms with Crippen LogP contribution in [0, 0.1) is 0 Å². The van der Waals surface area contributed by atoms with Crippen molar-refractivity contribution in [1.82, 2.24) is 0 Å². The van der Waals surface area contributed by atoms with Crippen molar-refractivity contribution in [2.75, 3.05) is 19.8 Å². The third kappa shape index (κ3) is 9.12. The van der Waals surface area contributed by atoms with E-state index in [-0.39, 0.29) is 0 Å². The molecular weight excluding hydrogens is 296 g/mol. The molecule has 0 spiro atoms. The fraction of sp³-hybridized carbons (Fsp3) is 0.636. The molecule has 0 unspecified atom stereocenters. The average molecular weight is 333 g/mol. The van der Waals surface area contributed by atoms with Gasteiger partial charge in [0.15, 0.2) is 0 Å². The molecule has 0 saturated heterocycles. The standard InChI is InChI=1S/C22H36O2/c1-4-6-7-8-9-10-11-12-15-20(3)21-16-13-14-17-22(21)24-19-18-23-5-2/h13-14,16-17H,3-12,15,18-19H2,1-2H3. The van der Waals surface area contributed by atoms with Crippen LogP contribution in [-0.2, 0) is 4.74 Å². The topological polar surface area (TPSA) is 18.5 Å². The summed E-state index contributed by atoms with van der Waals surface area (Å²) in [6, 6.07) is 8.22. The monoisotopic (exact) mass is 332 g/mol. The molecule has 0 aliphatic rings. The van der Waals surface area contributed by atoms with Crippen LogP contribution in [0.1, 0.15) is 77.2 Å². The van der Waals surface area contributed by atoms with Gasteiger partial charge in [-0.05, 0) is 31.4 Å². The van der Waals surface area contributed by atoms with Crippen molar-refractivity contribution in [3.05, 3.63) is 36.4 Å². The lowest BCUT2D eigenvalue weighted by molar-refractivity contribution is 0.110. The summed E-state index contributed by atoms with van der Waals surface area (Å²) in [5, 5.41) is 0. The van der Waals surface area contributed by atoms with Crippen LogP contribution in [0.15, 0.2) is 30.8 Å². The van der Waals surface area contributed by atoms with E-state index >= 15 is 0 Å². The molecule has 2 heteroatoms. The van der Waals surface area contributed by atoms with Gasteiger partial charge in [0.25, 0.3) is 0 Å². The van der Waals surface area contributed by atoms with Crippen LogP contribution in [0.3, 0.4) is 0 Å². The Bertz CT molecular complexity index is 439. The second-order valence-corrected chi connectivity index (χ2v) is 6.37. The van der Waals surface area contributed by atoms with E-state index in [9.17, 15) is 0 Å². The van der Waals surface area contributed by atoms with E-state index in [0.29, 0.717) is 13.2 Å². The molecule has 0 atom stereocenters. The van der Waals surface area contributed by atoms with Gasteiger partial charge in [0.1, 0.15) is 12.4 Å². The third-order valence-electron chi connectivity index (χ3n) is 4.29. The maximum Gasteiger partial charge on any atom is 0.126 e. The van der Waals surface area contributed by atoms with Crippen molar-refractivity contribution in [3.63, 3.8) is 0 Å². The van der Waals surface area contributed by atoms with Crippen molar-refractivity contribution < 1.29 is 9.47 Å². The van der Waals surface area contributed by atoms with E-state index in [1.165, 1.54) is 56.9 Å². The molecular formula is C22H36O2. The van der Waals surface area contributed by atoms with Crippen LogP contribution < -0.4 is 4.74 Å². The minimum absolute atomic E-state index is 0.593. The minimum Gasteiger partial charge on any atom is -0.491 e. The molecule has 24 heavy (non-hydrogen) atoms. The first-order valence-electron chi connectivity index (χ1n) is 9.77. The molecule has 0 bridgehead atoms. The van der Waals surface area contributed by atoms with Crippen molar-refractivity contribution in [1.29, 1.82) is 0 Å². The number of unbranched alkanes of at least 4 members (excludes halogenated alkanes) is 7. The fourth-order valence-electron chi connectivity index (χ4n) is 2.85. The Kier molecular flexibility index (Phi) is 12.2. The number of hydrogen-bond acceptors (Lipinski definition) is 2. The van der Waals surface area contributed by atoms with E-state index in [4.69, 9.17) is 9.47 Å². The molecule has 0 aliphatic heterocycles. The lowest BCUT2D eigenvalue weighted by Gasteiger charge is -2.13. The van der Waals surface area contributed by atoms with Gasteiger partial charge in [-0.15, -0.1) is 0 Å². The number of ether oxygens (including phenoxy) is 2. The maximum atomic E-state index is 5.86. The zero-order chi connectivity index (χ0) is 17.5. The van der Waals surface area contributed by atoms with Crippen molar-refractivity contribution in [2.45, 2.75) is 71.6 Å². The minimum atomic E-state index is 0.593. The van der Waals surface area contributed by atoms with E-state index in [1.54, 1.807) is 0 Å². The molecule has 0 fully saturated rings. The first-order valence-corrected chi connectivity index (χ1v) is 9.77. The Morgan fingerprint density at radius 1 is 0.875 bits per heavy atom. The highest BCUT2D eigenvalue weighted by Crippen LogP contribution is 2.28. The van der Waals surface area contributed by atoms with Gasteiger partial charge in [0, 0.05) is 12.2 Å². The Morgan fingerprint density at radius 2 is 1.54 bits per heavy atom. The Labute approximate surface area is 149 Å². The van der Waals surface area contributed by atoms with Gasteiger partial charge in [-0.1, -0.05) is 76.6 Å². The van der Waals surface area contributed by atoms with E-state index in [2.05, 4.69) is 25.6 Å². The van der Waals surface area contributed by atoms with E-state index in [0.717, 1.165) is 24.3 Å². The molecule has 136 valence electrons. The number of benzene rings is 1. The highest BCUT2D eigenvalue weighted by molar-refractivity contribution is 5.68. The van der Waals surface area contributed by atoms with Gasteiger partial charge >= 0.3 is 0 Å². The summed E-state index contributed by atoms with van der Waals surface area (Å²) in [5.74, 6) is 0.932. The van der Waals surface area contributed by atoms with Gasteiger partial charge in [-0.3, -0.25) is 0 Å². The van der Waals surface area contributed by atoms with Crippen LogP contribution in [-0.4, -0.2) is 19.8 Å².